The van der Waals surface area contributed by atoms with Crippen LogP contribution in [-0.2, 0) is 11.7 Å². The lowest BCUT2D eigenvalue weighted by molar-refractivity contribution is 0.179. The second-order valence-corrected chi connectivity index (χ2v) is 4.33. The fourth-order valence-corrected chi connectivity index (χ4v) is 2.07. The molecule has 0 saturated carbocycles. The van der Waals surface area contributed by atoms with E-state index in [4.69, 9.17) is 17.3 Å². The van der Waals surface area contributed by atoms with Crippen molar-refractivity contribution in [2.45, 2.75) is 6.54 Å². The van der Waals surface area contributed by atoms with Gasteiger partial charge in [0.2, 0.25) is 0 Å². The molecule has 0 saturated heterocycles. The molecule has 0 bridgehead atoms. The Morgan fingerprint density at radius 2 is 1.84 bits per heavy atom. The normalized spacial score (nSPS) is 10.2. The zero-order chi connectivity index (χ0) is 13.8. The Bertz CT molecular complexity index is 587. The van der Waals surface area contributed by atoms with Crippen LogP contribution in [0.15, 0.2) is 48.5 Å². The maximum atomic E-state index is 11.3. The van der Waals surface area contributed by atoms with Crippen molar-refractivity contribution in [3.8, 4) is 0 Å². The zero-order valence-corrected chi connectivity index (χ0v) is 10.8. The highest BCUT2D eigenvalue weighted by Gasteiger charge is 2.20. The van der Waals surface area contributed by atoms with E-state index in [1.165, 1.54) is 0 Å². The van der Waals surface area contributed by atoms with Crippen molar-refractivity contribution in [3.05, 3.63) is 59.1 Å². The second-order valence-electron chi connectivity index (χ2n) is 3.93. The lowest BCUT2D eigenvalue weighted by Crippen LogP contribution is -2.22. The van der Waals surface area contributed by atoms with Gasteiger partial charge in [-0.15, -0.1) is 0 Å². The number of hydrogen-bond acceptors (Lipinski definition) is 2. The maximum absolute atomic E-state index is 11.3. The Morgan fingerprint density at radius 1 is 1.16 bits per heavy atom. The Kier molecular flexibility index (Phi) is 4.04. The van der Waals surface area contributed by atoms with Gasteiger partial charge in [-0.2, -0.15) is 0 Å². The van der Waals surface area contributed by atoms with Gasteiger partial charge in [-0.25, -0.2) is 14.8 Å². The van der Waals surface area contributed by atoms with Gasteiger partial charge in [0, 0.05) is 6.54 Å². The molecule has 5 heteroatoms. The van der Waals surface area contributed by atoms with Crippen molar-refractivity contribution in [1.29, 1.82) is 0 Å². The van der Waals surface area contributed by atoms with Crippen molar-refractivity contribution in [2.75, 3.05) is 4.90 Å². The summed E-state index contributed by atoms with van der Waals surface area (Å²) >= 11 is 6.11. The summed E-state index contributed by atoms with van der Waals surface area (Å²) in [6.07, 6.45) is -1.34. The lowest BCUT2D eigenvalue weighted by atomic mass is 10.2. The molecular weight excluding hydrogens is 264 g/mol. The highest BCUT2D eigenvalue weighted by molar-refractivity contribution is 6.34. The van der Waals surface area contributed by atoms with Crippen LogP contribution in [0.3, 0.4) is 0 Å². The van der Waals surface area contributed by atoms with Crippen LogP contribution in [-0.4, -0.2) is 6.09 Å². The first-order valence-corrected chi connectivity index (χ1v) is 6.06. The Hall–Kier alpha value is -2.04. The number of hydrogen-bond donors (Lipinski definition) is 1. The first kappa shape index (κ1) is 13.4. The summed E-state index contributed by atoms with van der Waals surface area (Å²) in [6.45, 7) is 0.344. The molecule has 2 N–H and O–H groups in total. The van der Waals surface area contributed by atoms with E-state index in [1.807, 2.05) is 0 Å². The van der Waals surface area contributed by atoms with E-state index in [0.29, 0.717) is 22.9 Å². The molecule has 0 aliphatic rings. The number of rotatable bonds is 3. The second kappa shape index (κ2) is 5.73. The molecule has 0 aromatic heterocycles. The minimum Gasteiger partial charge on any atom is -0.326 e. The van der Waals surface area contributed by atoms with Gasteiger partial charge in [0.25, 0.3) is 0 Å². The fourth-order valence-electron chi connectivity index (χ4n) is 1.78. The van der Waals surface area contributed by atoms with Crippen LogP contribution in [0.4, 0.5) is 16.2 Å². The Morgan fingerprint density at radius 3 is 2.37 bits per heavy atom. The number of carbonyl (C=O) groups is 1. The van der Waals surface area contributed by atoms with Crippen molar-refractivity contribution in [2.24, 2.45) is 5.73 Å². The van der Waals surface area contributed by atoms with E-state index in [2.05, 4.69) is 0 Å². The van der Waals surface area contributed by atoms with Gasteiger partial charge in [-0.3, -0.25) is 0 Å². The predicted octanol–water partition coefficient (Wildman–Crippen LogP) is 3.49. The SMILES string of the molecule is NCc1ccc(N(C([O])=O)c2ccccc2)c(Cl)c1. The monoisotopic (exact) mass is 275 g/mol. The molecule has 0 aliphatic carbocycles. The van der Waals surface area contributed by atoms with Crippen LogP contribution >= 0.6 is 11.6 Å². The van der Waals surface area contributed by atoms with Gasteiger partial charge in [-0.1, -0.05) is 35.9 Å². The minimum absolute atomic E-state index is 0.316. The standard InChI is InChI=1S/C14H12ClN2O2/c15-12-8-10(9-16)6-7-13(12)17(14(18)19)11-4-2-1-3-5-11/h1-8H,9,16H2. The first-order valence-electron chi connectivity index (χ1n) is 5.68. The molecule has 0 fully saturated rings. The lowest BCUT2D eigenvalue weighted by Gasteiger charge is -2.19. The molecule has 97 valence electrons. The molecule has 1 radical (unpaired) electrons. The third-order valence-corrected chi connectivity index (χ3v) is 2.99. The van der Waals surface area contributed by atoms with E-state index in [0.717, 1.165) is 10.5 Å². The van der Waals surface area contributed by atoms with E-state index in [-0.39, 0.29) is 0 Å². The number of carbonyl (C=O) groups excluding carboxylic acids is 1. The summed E-state index contributed by atoms with van der Waals surface area (Å²) < 4.78 is 0. The number of benzene rings is 2. The molecule has 4 nitrogen and oxygen atoms in total. The summed E-state index contributed by atoms with van der Waals surface area (Å²) in [7, 11) is 0. The number of nitrogens with two attached hydrogens (primary N) is 1. The molecule has 0 atom stereocenters. The Labute approximate surface area is 116 Å². The van der Waals surface area contributed by atoms with Crippen molar-refractivity contribution in [3.63, 3.8) is 0 Å². The molecular formula is C14H12ClN2O2. The fraction of sp³-hybridized carbons (Fsp3) is 0.0714. The van der Waals surface area contributed by atoms with Gasteiger partial charge < -0.3 is 5.73 Å². The van der Waals surface area contributed by atoms with Crippen LogP contribution in [0.1, 0.15) is 5.56 Å². The van der Waals surface area contributed by atoms with E-state index < -0.39 is 6.09 Å². The van der Waals surface area contributed by atoms with Gasteiger partial charge in [0.15, 0.2) is 0 Å². The topological polar surface area (TPSA) is 66.2 Å². The third-order valence-electron chi connectivity index (χ3n) is 2.69. The molecule has 0 heterocycles. The number of anilines is 2. The summed E-state index contributed by atoms with van der Waals surface area (Å²) in [5.74, 6) is 0. The van der Waals surface area contributed by atoms with E-state index in [9.17, 15) is 9.90 Å². The smallest absolute Gasteiger partial charge is 0.326 e. The van der Waals surface area contributed by atoms with Crippen molar-refractivity contribution < 1.29 is 9.90 Å². The molecule has 0 spiro atoms. The van der Waals surface area contributed by atoms with Gasteiger partial charge in [-0.05, 0) is 29.8 Å². The number of halogens is 1. The number of para-hydroxylation sites is 1. The van der Waals surface area contributed by atoms with Crippen LogP contribution < -0.4 is 10.6 Å². The van der Waals surface area contributed by atoms with Gasteiger partial charge in [0.05, 0.1) is 16.4 Å². The van der Waals surface area contributed by atoms with E-state index in [1.54, 1.807) is 48.5 Å². The Balaban J connectivity index is 2.49. The van der Waals surface area contributed by atoms with E-state index >= 15 is 0 Å². The molecule has 0 aliphatic heterocycles. The van der Waals surface area contributed by atoms with Crippen molar-refractivity contribution >= 4 is 29.1 Å². The molecule has 2 aromatic rings. The summed E-state index contributed by atoms with van der Waals surface area (Å²) in [5, 5.41) is 11.7. The van der Waals surface area contributed by atoms with Crippen LogP contribution in [0.25, 0.3) is 0 Å². The minimum atomic E-state index is -1.34. The first-order chi connectivity index (χ1) is 9.13. The molecule has 0 unspecified atom stereocenters. The molecule has 2 rings (SSSR count). The van der Waals surface area contributed by atoms with Crippen molar-refractivity contribution in [1.82, 2.24) is 0 Å². The highest BCUT2D eigenvalue weighted by Crippen LogP contribution is 2.32. The quantitative estimate of drug-likeness (QED) is 0.932. The highest BCUT2D eigenvalue weighted by atomic mass is 35.5. The van der Waals surface area contributed by atoms with Crippen LogP contribution in [0.5, 0.6) is 0 Å². The third kappa shape index (κ3) is 2.86. The van der Waals surface area contributed by atoms with Gasteiger partial charge in [0.1, 0.15) is 0 Å². The zero-order valence-electron chi connectivity index (χ0n) is 10.0. The average Bonchev–Trinajstić information content (AvgIpc) is 2.41. The van der Waals surface area contributed by atoms with Crippen LogP contribution in [0.2, 0.25) is 5.02 Å². The largest absolute Gasteiger partial charge is 0.462 e. The number of amides is 1. The number of nitrogens with zero attached hydrogens (tertiary/aromatic N) is 1. The molecule has 1 amide bonds. The maximum Gasteiger partial charge on any atom is 0.462 e. The average molecular weight is 276 g/mol. The predicted molar refractivity (Wildman–Crippen MR) is 74.0 cm³/mol. The van der Waals surface area contributed by atoms with Crippen LogP contribution in [0, 0.1) is 0 Å². The summed E-state index contributed by atoms with van der Waals surface area (Å²) in [5.41, 5.74) is 7.18. The summed E-state index contributed by atoms with van der Waals surface area (Å²) in [4.78, 5) is 12.4. The summed E-state index contributed by atoms with van der Waals surface area (Å²) in [6, 6.07) is 13.6. The molecule has 2 aromatic carbocycles. The molecule has 19 heavy (non-hydrogen) atoms. The van der Waals surface area contributed by atoms with Gasteiger partial charge >= 0.3 is 6.09 Å².